The number of para-hydroxylation sites is 1. The second kappa shape index (κ2) is 8.84. The Kier molecular flexibility index (Phi) is 4.98. The average Bonchev–Trinajstić information content (AvgIpc) is 3.71. The summed E-state index contributed by atoms with van der Waals surface area (Å²) in [6, 6.07) is 40.9. The Morgan fingerprint density at radius 1 is 0.519 bits per heavy atom. The number of rotatable bonds is 0. The van der Waals surface area contributed by atoms with Crippen molar-refractivity contribution in [3.05, 3.63) is 148 Å². The molecular weight excluding hydrogens is 627 g/mol. The Morgan fingerprint density at radius 3 is 1.81 bits per heavy atom. The normalized spacial score (nSPS) is 15.4. The minimum absolute atomic E-state index is 0.00661. The van der Waals surface area contributed by atoms with Gasteiger partial charge in [-0.2, -0.15) is 0 Å². The smallest absolute Gasteiger partial charge is 0.252 e. The van der Waals surface area contributed by atoms with E-state index in [1.165, 1.54) is 116 Å². The van der Waals surface area contributed by atoms with Gasteiger partial charge in [-0.3, -0.25) is 0 Å². The molecule has 0 radical (unpaired) electrons. The maximum atomic E-state index is 2.74. The van der Waals surface area contributed by atoms with Crippen LogP contribution in [0.15, 0.2) is 103 Å². The summed E-state index contributed by atoms with van der Waals surface area (Å²) >= 11 is 0. The van der Waals surface area contributed by atoms with E-state index in [0.29, 0.717) is 0 Å². The lowest BCUT2D eigenvalue weighted by Crippen LogP contribution is -2.60. The van der Waals surface area contributed by atoms with Crippen LogP contribution in [0.3, 0.4) is 0 Å². The lowest BCUT2D eigenvalue weighted by molar-refractivity contribution is 0.588. The Hall–Kier alpha value is -5.28. The lowest BCUT2D eigenvalue weighted by atomic mass is 9.33. The monoisotopic (exact) mass is 668 g/mol. The van der Waals surface area contributed by atoms with E-state index < -0.39 is 5.41 Å². The third-order valence-electron chi connectivity index (χ3n) is 13.6. The minimum atomic E-state index is -0.454. The van der Waals surface area contributed by atoms with Gasteiger partial charge in [0.25, 0.3) is 6.71 Å². The highest BCUT2D eigenvalue weighted by Crippen LogP contribution is 2.62. The predicted molar refractivity (Wildman–Crippen MR) is 220 cm³/mol. The highest BCUT2D eigenvalue weighted by atomic mass is 15.1. The van der Waals surface area contributed by atoms with Crippen molar-refractivity contribution in [1.82, 2.24) is 9.13 Å². The van der Waals surface area contributed by atoms with Crippen molar-refractivity contribution < 1.29 is 0 Å². The van der Waals surface area contributed by atoms with Crippen LogP contribution in [0.2, 0.25) is 0 Å². The molecule has 250 valence electrons. The number of fused-ring (bicyclic) bond motifs is 11. The van der Waals surface area contributed by atoms with Gasteiger partial charge in [0.1, 0.15) is 0 Å². The van der Waals surface area contributed by atoms with Gasteiger partial charge in [-0.15, -0.1) is 0 Å². The molecule has 0 saturated heterocycles. The zero-order valence-electron chi connectivity index (χ0n) is 31.3. The number of nitrogens with zero attached hydrogens (tertiary/aromatic N) is 2. The molecule has 3 aliphatic heterocycles. The Bertz CT molecular complexity index is 2960. The van der Waals surface area contributed by atoms with Gasteiger partial charge in [0.05, 0.1) is 10.9 Å². The molecule has 8 aromatic rings. The van der Waals surface area contributed by atoms with E-state index in [2.05, 4.69) is 168 Å². The molecule has 3 heteroatoms. The van der Waals surface area contributed by atoms with Gasteiger partial charge in [-0.1, -0.05) is 126 Å². The summed E-state index contributed by atoms with van der Waals surface area (Å²) in [5, 5.41) is 4.15. The van der Waals surface area contributed by atoms with Crippen LogP contribution in [-0.4, -0.2) is 15.8 Å². The molecule has 0 amide bonds. The van der Waals surface area contributed by atoms with Crippen molar-refractivity contribution in [1.29, 1.82) is 0 Å². The molecule has 0 saturated carbocycles. The van der Waals surface area contributed by atoms with Gasteiger partial charge in [-0.05, 0) is 109 Å². The zero-order valence-corrected chi connectivity index (χ0v) is 31.3. The molecule has 0 N–H and O–H groups in total. The van der Waals surface area contributed by atoms with E-state index in [9.17, 15) is 0 Å². The summed E-state index contributed by atoms with van der Waals surface area (Å²) in [6.07, 6.45) is 0. The first-order chi connectivity index (χ1) is 24.9. The highest BCUT2D eigenvalue weighted by Gasteiger charge is 2.54. The van der Waals surface area contributed by atoms with E-state index >= 15 is 0 Å². The van der Waals surface area contributed by atoms with Gasteiger partial charge in [0.2, 0.25) is 0 Å². The number of benzene rings is 6. The molecule has 12 rings (SSSR count). The molecule has 0 bridgehead atoms. The highest BCUT2D eigenvalue weighted by molar-refractivity contribution is 7.00. The van der Waals surface area contributed by atoms with Crippen molar-refractivity contribution in [3.8, 4) is 22.5 Å². The van der Waals surface area contributed by atoms with E-state index in [0.717, 1.165) is 0 Å². The van der Waals surface area contributed by atoms with Crippen molar-refractivity contribution in [2.24, 2.45) is 0 Å². The molecule has 1 aliphatic carbocycles. The number of hydrogen-bond acceptors (Lipinski definition) is 0. The average molecular weight is 669 g/mol. The second-order valence-electron chi connectivity index (χ2n) is 18.2. The molecule has 1 spiro atoms. The number of hydrogen-bond donors (Lipinski definition) is 0. The van der Waals surface area contributed by atoms with E-state index in [1.807, 2.05) is 0 Å². The fourth-order valence-corrected chi connectivity index (χ4v) is 11.1. The predicted octanol–water partition coefficient (Wildman–Crippen LogP) is 9.76. The van der Waals surface area contributed by atoms with Crippen LogP contribution in [-0.2, 0) is 16.2 Å². The van der Waals surface area contributed by atoms with Crippen LogP contribution in [0, 0.1) is 13.8 Å². The lowest BCUT2D eigenvalue weighted by Gasteiger charge is -2.44. The third kappa shape index (κ3) is 3.04. The van der Waals surface area contributed by atoms with Crippen LogP contribution in [0.25, 0.3) is 55.2 Å². The minimum Gasteiger partial charge on any atom is -0.315 e. The van der Waals surface area contributed by atoms with Crippen LogP contribution in [0.5, 0.6) is 0 Å². The fourth-order valence-electron chi connectivity index (χ4n) is 11.1. The quantitative estimate of drug-likeness (QED) is 0.143. The van der Waals surface area contributed by atoms with E-state index in [4.69, 9.17) is 0 Å². The van der Waals surface area contributed by atoms with Gasteiger partial charge >= 0.3 is 0 Å². The Labute approximate surface area is 305 Å². The summed E-state index contributed by atoms with van der Waals surface area (Å²) in [5.74, 6) is 0. The van der Waals surface area contributed by atoms with E-state index in [1.54, 1.807) is 0 Å². The first kappa shape index (κ1) is 29.3. The second-order valence-corrected chi connectivity index (χ2v) is 18.2. The molecule has 2 aromatic heterocycles. The van der Waals surface area contributed by atoms with Crippen LogP contribution < -0.4 is 16.4 Å². The number of aryl methyl sites for hydroxylation is 1. The van der Waals surface area contributed by atoms with Crippen molar-refractivity contribution >= 4 is 55.8 Å². The maximum Gasteiger partial charge on any atom is 0.252 e. The first-order valence-corrected chi connectivity index (χ1v) is 19.1. The largest absolute Gasteiger partial charge is 0.315 e. The summed E-state index contributed by atoms with van der Waals surface area (Å²) < 4.78 is 5.34. The molecule has 0 fully saturated rings. The number of aromatic nitrogens is 2. The first-order valence-electron chi connectivity index (χ1n) is 19.1. The van der Waals surface area contributed by atoms with Crippen LogP contribution in [0.1, 0.15) is 86.2 Å². The molecule has 4 aliphatic rings. The topological polar surface area (TPSA) is 9.86 Å². The van der Waals surface area contributed by atoms with Crippen molar-refractivity contribution in [2.75, 3.05) is 0 Å². The Morgan fingerprint density at radius 2 is 1.13 bits per heavy atom. The van der Waals surface area contributed by atoms with Crippen LogP contribution >= 0.6 is 0 Å². The molecule has 0 atom stereocenters. The summed E-state index contributed by atoms with van der Waals surface area (Å²) in [4.78, 5) is 0. The summed E-state index contributed by atoms with van der Waals surface area (Å²) in [5.41, 5.74) is 24.6. The summed E-state index contributed by atoms with van der Waals surface area (Å²) in [6.45, 7) is 19.0. The molecule has 2 nitrogen and oxygen atoms in total. The van der Waals surface area contributed by atoms with Crippen molar-refractivity contribution in [2.45, 2.75) is 71.6 Å². The van der Waals surface area contributed by atoms with Gasteiger partial charge in [-0.25, -0.2) is 0 Å². The third-order valence-corrected chi connectivity index (χ3v) is 13.6. The molecular formula is C49H41BN2. The summed E-state index contributed by atoms with van der Waals surface area (Å²) in [7, 11) is 0. The Balaban J connectivity index is 1.41. The molecule has 5 heterocycles. The zero-order chi connectivity index (χ0) is 35.4. The van der Waals surface area contributed by atoms with Gasteiger partial charge in [0.15, 0.2) is 0 Å². The fraction of sp³-hybridized carbons (Fsp3) is 0.224. The van der Waals surface area contributed by atoms with Gasteiger partial charge < -0.3 is 9.13 Å². The molecule has 6 aromatic carbocycles. The SMILES string of the molecule is Cc1c(C)n2c3c(cccc13)B1c3c-2ccc2c3-n3c4c1cc(C(C)(C)C)cc4c1cc(C(C)(C)C)cc(c13)C21c2ccccc2-c2ccccc21. The maximum absolute atomic E-state index is 2.74. The molecule has 52 heavy (non-hydrogen) atoms. The standard InChI is InChI=1S/C49H41BN2/c1-26-27(2)51-41-21-20-37-46-42(41)50(39-19-13-16-30(26)44(39)51)40-25-29(48(6,7)8)23-34-33-22-28(47(3,4)5)24-38(43(33)52(46)45(34)40)49(37)35-17-11-9-14-31(35)32-15-10-12-18-36(32)49/h9-25H,1-8H3. The van der Waals surface area contributed by atoms with Crippen molar-refractivity contribution in [3.63, 3.8) is 0 Å². The van der Waals surface area contributed by atoms with E-state index in [-0.39, 0.29) is 17.5 Å². The van der Waals surface area contributed by atoms with Gasteiger partial charge in [0, 0.05) is 44.3 Å². The van der Waals surface area contributed by atoms with Crippen LogP contribution in [0.4, 0.5) is 0 Å². The molecule has 0 unspecified atom stereocenters.